The first-order chi connectivity index (χ1) is 15.9. The van der Waals surface area contributed by atoms with Gasteiger partial charge < -0.3 is 34.5 Å². The van der Waals surface area contributed by atoms with Gasteiger partial charge in [-0.3, -0.25) is 0 Å². The maximum atomic E-state index is 14.4. The van der Waals surface area contributed by atoms with E-state index in [1.54, 1.807) is 12.1 Å². The topological polar surface area (TPSA) is 128 Å². The van der Waals surface area contributed by atoms with E-state index >= 15 is 0 Å². The SMILES string of the molecule is COc1cc(OC)c(F)c(COc2cnc(Nc3ccc(OC[C@@H](O)CO)nc3)nc2)c1F. The molecule has 12 heteroatoms. The number of hydrogen-bond acceptors (Lipinski definition) is 10. The standard InChI is InChI=1S/C21H22F2N4O6/c1-30-16-5-17(31-2)20(23)15(19(16)22)11-32-14-7-25-21(26-8-14)27-12-3-4-18(24-6-12)33-10-13(29)9-28/h3-8,13,28-29H,9-11H2,1-2H3,(H,25,26,27)/t13-/m0/s1. The van der Waals surface area contributed by atoms with Gasteiger partial charge in [-0.2, -0.15) is 0 Å². The highest BCUT2D eigenvalue weighted by Gasteiger charge is 2.20. The number of pyridine rings is 1. The highest BCUT2D eigenvalue weighted by Crippen LogP contribution is 2.32. The van der Waals surface area contributed by atoms with Crippen molar-refractivity contribution in [3.05, 3.63) is 54.0 Å². The number of nitrogens with one attached hydrogen (secondary N) is 1. The molecule has 10 nitrogen and oxygen atoms in total. The van der Waals surface area contributed by atoms with Crippen molar-refractivity contribution in [1.29, 1.82) is 0 Å². The molecular weight excluding hydrogens is 442 g/mol. The first-order valence-electron chi connectivity index (χ1n) is 9.63. The quantitative estimate of drug-likeness (QED) is 0.389. The molecule has 0 aliphatic heterocycles. The molecular formula is C21H22F2N4O6. The van der Waals surface area contributed by atoms with Crippen LogP contribution in [0.4, 0.5) is 20.4 Å². The molecule has 2 aromatic heterocycles. The number of ether oxygens (including phenoxy) is 4. The number of benzene rings is 1. The van der Waals surface area contributed by atoms with Gasteiger partial charge in [0.2, 0.25) is 11.8 Å². The van der Waals surface area contributed by atoms with Crippen molar-refractivity contribution in [3.8, 4) is 23.1 Å². The van der Waals surface area contributed by atoms with Crippen molar-refractivity contribution < 1.29 is 37.9 Å². The predicted octanol–water partition coefficient (Wildman–Crippen LogP) is 2.22. The molecule has 0 bridgehead atoms. The third kappa shape index (κ3) is 6.14. The van der Waals surface area contributed by atoms with E-state index in [9.17, 15) is 13.9 Å². The van der Waals surface area contributed by atoms with Gasteiger partial charge in [-0.15, -0.1) is 0 Å². The third-order valence-electron chi connectivity index (χ3n) is 4.30. The Hall–Kier alpha value is -3.77. The zero-order valence-corrected chi connectivity index (χ0v) is 17.8. The minimum absolute atomic E-state index is 0.0861. The largest absolute Gasteiger partial charge is 0.494 e. The lowest BCUT2D eigenvalue weighted by Gasteiger charge is -2.13. The Bertz CT molecular complexity index is 1030. The van der Waals surface area contributed by atoms with Crippen LogP contribution >= 0.6 is 0 Å². The lowest BCUT2D eigenvalue weighted by molar-refractivity contribution is 0.0521. The summed E-state index contributed by atoms with van der Waals surface area (Å²) in [5.41, 5.74) is 0.208. The lowest BCUT2D eigenvalue weighted by atomic mass is 10.1. The molecule has 3 N–H and O–H groups in total. The number of nitrogens with zero attached hydrogens (tertiary/aromatic N) is 3. The van der Waals surface area contributed by atoms with Crippen molar-refractivity contribution in [1.82, 2.24) is 15.0 Å². The number of aromatic nitrogens is 3. The van der Waals surface area contributed by atoms with Crippen LogP contribution < -0.4 is 24.3 Å². The second kappa shape index (κ2) is 11.2. The van der Waals surface area contributed by atoms with E-state index < -0.39 is 31.0 Å². The summed E-state index contributed by atoms with van der Waals surface area (Å²) < 4.78 is 49.3. The summed E-state index contributed by atoms with van der Waals surface area (Å²) in [5, 5.41) is 21.0. The fraction of sp³-hybridized carbons (Fsp3) is 0.286. The zero-order chi connectivity index (χ0) is 23.8. The fourth-order valence-electron chi connectivity index (χ4n) is 2.58. The molecule has 0 saturated carbocycles. The van der Waals surface area contributed by atoms with Crippen LogP contribution in [0.1, 0.15) is 5.56 Å². The van der Waals surface area contributed by atoms with E-state index in [2.05, 4.69) is 20.3 Å². The number of anilines is 2. The van der Waals surface area contributed by atoms with Gasteiger partial charge in [0.25, 0.3) is 0 Å². The van der Waals surface area contributed by atoms with E-state index in [0.29, 0.717) is 5.69 Å². The Labute approximate surface area is 187 Å². The Kier molecular flexibility index (Phi) is 8.11. The van der Waals surface area contributed by atoms with Gasteiger partial charge in [0, 0.05) is 12.1 Å². The predicted molar refractivity (Wildman–Crippen MR) is 112 cm³/mol. The summed E-state index contributed by atoms with van der Waals surface area (Å²) in [6, 6.07) is 4.34. The second-order valence-electron chi connectivity index (χ2n) is 6.58. The van der Waals surface area contributed by atoms with Crippen LogP contribution in [0.3, 0.4) is 0 Å². The van der Waals surface area contributed by atoms with Gasteiger partial charge >= 0.3 is 0 Å². The van der Waals surface area contributed by atoms with E-state index in [-0.39, 0.29) is 41.2 Å². The zero-order valence-electron chi connectivity index (χ0n) is 17.8. The van der Waals surface area contributed by atoms with Crippen LogP contribution in [0, 0.1) is 11.6 Å². The average molecular weight is 464 g/mol. The monoisotopic (exact) mass is 464 g/mol. The second-order valence-corrected chi connectivity index (χ2v) is 6.58. The molecule has 0 aliphatic rings. The number of aliphatic hydroxyl groups excluding tert-OH is 2. The molecule has 0 aliphatic carbocycles. The van der Waals surface area contributed by atoms with E-state index in [4.69, 9.17) is 24.1 Å². The molecule has 0 spiro atoms. The van der Waals surface area contributed by atoms with Gasteiger partial charge in [0.1, 0.15) is 19.3 Å². The molecule has 1 atom stereocenters. The Morgan fingerprint density at radius 1 is 0.970 bits per heavy atom. The summed E-state index contributed by atoms with van der Waals surface area (Å²) in [4.78, 5) is 12.2. The Morgan fingerprint density at radius 2 is 1.64 bits per heavy atom. The first-order valence-corrected chi connectivity index (χ1v) is 9.63. The van der Waals surface area contributed by atoms with Crippen molar-refractivity contribution in [2.75, 3.05) is 32.8 Å². The van der Waals surface area contributed by atoms with Crippen LogP contribution in [-0.4, -0.2) is 58.7 Å². The van der Waals surface area contributed by atoms with Crippen LogP contribution in [0.2, 0.25) is 0 Å². The number of aliphatic hydroxyl groups is 2. The van der Waals surface area contributed by atoms with Gasteiger partial charge in [0.15, 0.2) is 28.9 Å². The fourth-order valence-corrected chi connectivity index (χ4v) is 2.58. The molecule has 1 aromatic carbocycles. The summed E-state index contributed by atoms with van der Waals surface area (Å²) in [5.74, 6) is -1.43. The maximum Gasteiger partial charge on any atom is 0.227 e. The summed E-state index contributed by atoms with van der Waals surface area (Å²) in [6.07, 6.45) is 3.15. The van der Waals surface area contributed by atoms with Crippen LogP contribution in [-0.2, 0) is 6.61 Å². The lowest BCUT2D eigenvalue weighted by Crippen LogP contribution is -2.21. The van der Waals surface area contributed by atoms with Crippen LogP contribution in [0.5, 0.6) is 23.1 Å². The van der Waals surface area contributed by atoms with Crippen molar-refractivity contribution in [3.63, 3.8) is 0 Å². The smallest absolute Gasteiger partial charge is 0.227 e. The van der Waals surface area contributed by atoms with Gasteiger partial charge in [-0.25, -0.2) is 23.7 Å². The summed E-state index contributed by atoms with van der Waals surface area (Å²) in [7, 11) is 2.52. The van der Waals surface area contributed by atoms with E-state index in [1.165, 1.54) is 32.8 Å². The molecule has 0 radical (unpaired) electrons. The Morgan fingerprint density at radius 3 is 2.18 bits per heavy atom. The Balaban J connectivity index is 1.60. The van der Waals surface area contributed by atoms with Crippen molar-refractivity contribution >= 4 is 11.6 Å². The van der Waals surface area contributed by atoms with Crippen molar-refractivity contribution in [2.24, 2.45) is 0 Å². The highest BCUT2D eigenvalue weighted by atomic mass is 19.1. The molecule has 0 fully saturated rings. The van der Waals surface area contributed by atoms with Crippen molar-refractivity contribution in [2.45, 2.75) is 12.7 Å². The molecule has 0 saturated heterocycles. The molecule has 33 heavy (non-hydrogen) atoms. The molecule has 3 aromatic rings. The first kappa shape index (κ1) is 23.9. The minimum Gasteiger partial charge on any atom is -0.494 e. The number of rotatable bonds is 11. The molecule has 0 unspecified atom stereocenters. The van der Waals surface area contributed by atoms with Gasteiger partial charge in [-0.1, -0.05) is 0 Å². The van der Waals surface area contributed by atoms with Gasteiger partial charge in [-0.05, 0) is 6.07 Å². The maximum absolute atomic E-state index is 14.4. The number of methoxy groups -OCH3 is 2. The molecule has 176 valence electrons. The van der Waals surface area contributed by atoms with E-state index in [1.807, 2.05) is 0 Å². The number of hydrogen-bond donors (Lipinski definition) is 3. The summed E-state index contributed by atoms with van der Waals surface area (Å²) >= 11 is 0. The normalized spacial score (nSPS) is 11.6. The average Bonchev–Trinajstić information content (AvgIpc) is 2.84. The number of halogens is 2. The minimum atomic E-state index is -0.988. The molecule has 2 heterocycles. The summed E-state index contributed by atoms with van der Waals surface area (Å²) in [6.45, 7) is -0.927. The molecule has 3 rings (SSSR count). The van der Waals surface area contributed by atoms with Crippen LogP contribution in [0.25, 0.3) is 0 Å². The van der Waals surface area contributed by atoms with Crippen LogP contribution in [0.15, 0.2) is 36.8 Å². The third-order valence-corrected chi connectivity index (χ3v) is 4.30. The highest BCUT2D eigenvalue weighted by molar-refractivity contribution is 5.52. The molecule has 0 amide bonds. The van der Waals surface area contributed by atoms with E-state index in [0.717, 1.165) is 6.07 Å². The van der Waals surface area contributed by atoms with Gasteiger partial charge in [0.05, 0.1) is 50.7 Å².